The molecule has 3 rings (SSSR count). The molecule has 0 radical (unpaired) electrons. The molecule has 3 heterocycles. The maximum atomic E-state index is 12.6. The molecule has 8 heteroatoms. The Bertz CT molecular complexity index is 650. The molecule has 0 spiro atoms. The van der Waals surface area contributed by atoms with E-state index in [0.717, 1.165) is 75.4 Å². The lowest BCUT2D eigenvalue weighted by atomic mass is 10.2. The van der Waals surface area contributed by atoms with Crippen LogP contribution in [0.15, 0.2) is 17.1 Å². The van der Waals surface area contributed by atoms with E-state index in [9.17, 15) is 4.79 Å². The molecule has 1 unspecified atom stereocenters. The summed E-state index contributed by atoms with van der Waals surface area (Å²) in [6.07, 6.45) is 3.23. The van der Waals surface area contributed by atoms with Crippen LogP contribution in [0.4, 0.5) is 0 Å². The highest BCUT2D eigenvalue weighted by Gasteiger charge is 2.30. The van der Waals surface area contributed by atoms with Gasteiger partial charge in [-0.05, 0) is 38.3 Å². The molecule has 1 N–H and O–H groups in total. The first-order valence-electron chi connectivity index (χ1n) is 9.81. The third kappa shape index (κ3) is 5.36. The summed E-state index contributed by atoms with van der Waals surface area (Å²) >= 11 is 7.62. The Morgan fingerprint density at radius 1 is 1.19 bits per heavy atom. The van der Waals surface area contributed by atoms with Crippen LogP contribution in [0.3, 0.4) is 0 Å². The van der Waals surface area contributed by atoms with Crippen LogP contribution in [-0.4, -0.2) is 85.5 Å². The molecule has 1 aromatic heterocycles. The predicted molar refractivity (Wildman–Crippen MR) is 113 cm³/mol. The number of carbonyl (C=O) groups excluding carboxylic acids is 1. The molecule has 150 valence electrons. The Kier molecular flexibility index (Phi) is 7.38. The SMILES string of the molecule is CN=C(NCCc1ccc(Cl)s1)N1CCN(C(C)C(=O)N2CCCC2)CC1. The zero-order valence-corrected chi connectivity index (χ0v) is 17.9. The van der Waals surface area contributed by atoms with Crippen LogP contribution in [0.2, 0.25) is 4.34 Å². The predicted octanol–water partition coefficient (Wildman–Crippen LogP) is 2.15. The summed E-state index contributed by atoms with van der Waals surface area (Å²) in [4.78, 5) is 24.9. The minimum absolute atomic E-state index is 0.0243. The van der Waals surface area contributed by atoms with Crippen LogP contribution in [0.5, 0.6) is 0 Å². The topological polar surface area (TPSA) is 51.2 Å². The molecule has 27 heavy (non-hydrogen) atoms. The standard InChI is InChI=1S/C19H30ClN5OS/c1-15(18(26)24-9-3-4-10-24)23-11-13-25(14-12-23)19(21-2)22-8-7-16-5-6-17(20)27-16/h5-6,15H,3-4,7-14H2,1-2H3,(H,21,22). The fourth-order valence-corrected chi connectivity index (χ4v) is 4.88. The first-order valence-corrected chi connectivity index (χ1v) is 11.0. The lowest BCUT2D eigenvalue weighted by molar-refractivity contribution is -0.135. The summed E-state index contributed by atoms with van der Waals surface area (Å²) < 4.78 is 0.836. The largest absolute Gasteiger partial charge is 0.356 e. The maximum absolute atomic E-state index is 12.6. The number of carbonyl (C=O) groups is 1. The van der Waals surface area contributed by atoms with Crippen LogP contribution in [0.1, 0.15) is 24.6 Å². The van der Waals surface area contributed by atoms with Crippen molar-refractivity contribution in [3.63, 3.8) is 0 Å². The van der Waals surface area contributed by atoms with E-state index in [2.05, 4.69) is 33.1 Å². The number of thiophene rings is 1. The van der Waals surface area contributed by atoms with Gasteiger partial charge in [-0.25, -0.2) is 0 Å². The van der Waals surface area contributed by atoms with Crippen molar-refractivity contribution in [3.8, 4) is 0 Å². The van der Waals surface area contributed by atoms with Crippen LogP contribution >= 0.6 is 22.9 Å². The fraction of sp³-hybridized carbons (Fsp3) is 0.684. The first-order chi connectivity index (χ1) is 13.1. The van der Waals surface area contributed by atoms with Gasteiger partial charge in [0.25, 0.3) is 0 Å². The minimum Gasteiger partial charge on any atom is -0.356 e. The van der Waals surface area contributed by atoms with Crippen LogP contribution in [-0.2, 0) is 11.2 Å². The van der Waals surface area contributed by atoms with E-state index in [1.807, 2.05) is 18.0 Å². The highest BCUT2D eigenvalue weighted by Crippen LogP contribution is 2.21. The lowest BCUT2D eigenvalue weighted by Crippen LogP contribution is -2.57. The van der Waals surface area contributed by atoms with Crippen molar-refractivity contribution in [1.29, 1.82) is 0 Å². The first kappa shape index (κ1) is 20.4. The molecule has 2 aliphatic heterocycles. The Morgan fingerprint density at radius 3 is 2.48 bits per heavy atom. The number of amides is 1. The quantitative estimate of drug-likeness (QED) is 0.595. The van der Waals surface area contributed by atoms with Crippen LogP contribution in [0.25, 0.3) is 0 Å². The monoisotopic (exact) mass is 411 g/mol. The average molecular weight is 412 g/mol. The molecule has 0 aromatic carbocycles. The molecular formula is C19H30ClN5OS. The number of aliphatic imine (C=N–C) groups is 1. The van der Waals surface area contributed by atoms with E-state index < -0.39 is 0 Å². The van der Waals surface area contributed by atoms with E-state index in [-0.39, 0.29) is 11.9 Å². The normalized spacial score (nSPS) is 20.2. The van der Waals surface area contributed by atoms with Crippen LogP contribution < -0.4 is 5.32 Å². The minimum atomic E-state index is -0.0243. The number of likely N-dealkylation sites (tertiary alicyclic amines) is 1. The van der Waals surface area contributed by atoms with Gasteiger partial charge in [-0.2, -0.15) is 0 Å². The second-order valence-corrected chi connectivity index (χ2v) is 8.96. The number of guanidine groups is 1. The number of nitrogens with one attached hydrogen (secondary N) is 1. The van der Waals surface area contributed by atoms with E-state index in [1.54, 1.807) is 11.3 Å². The van der Waals surface area contributed by atoms with Crippen molar-refractivity contribution in [1.82, 2.24) is 20.0 Å². The maximum Gasteiger partial charge on any atom is 0.239 e. The van der Waals surface area contributed by atoms with Gasteiger partial charge in [0.15, 0.2) is 5.96 Å². The fourth-order valence-electron chi connectivity index (χ4n) is 3.79. The molecule has 1 aromatic rings. The summed E-state index contributed by atoms with van der Waals surface area (Å²) in [7, 11) is 1.83. The zero-order valence-electron chi connectivity index (χ0n) is 16.3. The third-order valence-corrected chi connectivity index (χ3v) is 6.72. The highest BCUT2D eigenvalue weighted by molar-refractivity contribution is 7.16. The number of piperazine rings is 1. The van der Waals surface area contributed by atoms with Gasteiger partial charge in [0.1, 0.15) is 0 Å². The number of hydrogen-bond donors (Lipinski definition) is 1. The summed E-state index contributed by atoms with van der Waals surface area (Å²) in [5, 5.41) is 3.45. The number of rotatable bonds is 5. The number of halogens is 1. The van der Waals surface area contributed by atoms with Gasteiger partial charge in [-0.15, -0.1) is 11.3 Å². The molecule has 0 aliphatic carbocycles. The van der Waals surface area contributed by atoms with Gasteiger partial charge in [-0.1, -0.05) is 11.6 Å². The molecular weight excluding hydrogens is 382 g/mol. The Morgan fingerprint density at radius 2 is 1.89 bits per heavy atom. The van der Waals surface area contributed by atoms with Gasteiger partial charge < -0.3 is 15.1 Å². The second kappa shape index (κ2) is 9.75. The van der Waals surface area contributed by atoms with Crippen molar-refractivity contribution >= 4 is 34.8 Å². The summed E-state index contributed by atoms with van der Waals surface area (Å²) in [6.45, 7) is 8.31. The Labute approximate surface area is 171 Å². The highest BCUT2D eigenvalue weighted by atomic mass is 35.5. The molecule has 1 amide bonds. The molecule has 0 bridgehead atoms. The van der Waals surface area contributed by atoms with E-state index in [0.29, 0.717) is 0 Å². The van der Waals surface area contributed by atoms with Gasteiger partial charge in [0, 0.05) is 57.7 Å². The van der Waals surface area contributed by atoms with Crippen molar-refractivity contribution in [3.05, 3.63) is 21.3 Å². The number of hydrogen-bond acceptors (Lipinski definition) is 4. The van der Waals surface area contributed by atoms with Crippen molar-refractivity contribution in [2.24, 2.45) is 4.99 Å². The molecule has 2 fully saturated rings. The second-order valence-electron chi connectivity index (χ2n) is 7.16. The summed E-state index contributed by atoms with van der Waals surface area (Å²) in [5.74, 6) is 1.23. The summed E-state index contributed by atoms with van der Waals surface area (Å²) in [6, 6.07) is 4.00. The van der Waals surface area contributed by atoms with Crippen molar-refractivity contribution < 1.29 is 4.79 Å². The van der Waals surface area contributed by atoms with Gasteiger partial charge in [0.05, 0.1) is 10.4 Å². The van der Waals surface area contributed by atoms with E-state index in [1.165, 1.54) is 4.88 Å². The van der Waals surface area contributed by atoms with E-state index >= 15 is 0 Å². The lowest BCUT2D eigenvalue weighted by Gasteiger charge is -2.39. The van der Waals surface area contributed by atoms with Gasteiger partial charge >= 0.3 is 0 Å². The molecule has 0 saturated carbocycles. The molecule has 1 atom stereocenters. The Hall–Kier alpha value is -1.31. The zero-order chi connectivity index (χ0) is 19.2. The number of nitrogens with zero attached hydrogens (tertiary/aromatic N) is 4. The van der Waals surface area contributed by atoms with Gasteiger partial charge in [0.2, 0.25) is 5.91 Å². The smallest absolute Gasteiger partial charge is 0.239 e. The summed E-state index contributed by atoms with van der Waals surface area (Å²) in [5.41, 5.74) is 0. The van der Waals surface area contributed by atoms with Crippen LogP contribution in [0, 0.1) is 0 Å². The molecule has 2 aliphatic rings. The average Bonchev–Trinajstić information content (AvgIpc) is 3.36. The third-order valence-electron chi connectivity index (χ3n) is 5.43. The van der Waals surface area contributed by atoms with Gasteiger partial charge in [-0.3, -0.25) is 14.7 Å². The van der Waals surface area contributed by atoms with Crippen molar-refractivity contribution in [2.45, 2.75) is 32.2 Å². The van der Waals surface area contributed by atoms with Crippen molar-refractivity contribution in [2.75, 3.05) is 52.9 Å². The van der Waals surface area contributed by atoms with E-state index in [4.69, 9.17) is 11.6 Å². The Balaban J connectivity index is 1.43. The molecule has 2 saturated heterocycles. The molecule has 6 nitrogen and oxygen atoms in total.